The Hall–Kier alpha value is -1.90. The number of carbonyl (C=O) groups is 1. The molecule has 0 fully saturated rings. The largest absolute Gasteiger partial charge is 0.292 e. The lowest BCUT2D eigenvalue weighted by Gasteiger charge is -2.01. The number of hydrazone groups is 1. The average molecular weight is 200 g/mol. The predicted octanol–water partition coefficient (Wildman–Crippen LogP) is 2.46. The summed E-state index contributed by atoms with van der Waals surface area (Å²) in [5.41, 5.74) is 5.34. The number of Topliss-reactive ketones (excluding diaryl/α,β-unsaturated/α-hetero) is 1. The van der Waals surface area contributed by atoms with Crippen LogP contribution in [0.1, 0.15) is 18.9 Å². The van der Waals surface area contributed by atoms with Crippen molar-refractivity contribution in [2.75, 3.05) is 5.43 Å². The van der Waals surface area contributed by atoms with Crippen molar-refractivity contribution >= 4 is 23.3 Å². The van der Waals surface area contributed by atoms with Crippen LogP contribution in [0.4, 0.5) is 5.69 Å². The molecular weight excluding hydrogens is 188 g/mol. The van der Waals surface area contributed by atoms with E-state index in [-0.39, 0.29) is 5.78 Å². The highest BCUT2D eigenvalue weighted by atomic mass is 16.1. The molecule has 0 bridgehead atoms. The smallest absolute Gasteiger partial charge is 0.182 e. The Morgan fingerprint density at radius 3 is 2.93 bits per heavy atom. The van der Waals surface area contributed by atoms with Gasteiger partial charge in [-0.25, -0.2) is 0 Å². The molecule has 0 aromatic heterocycles. The van der Waals surface area contributed by atoms with Crippen LogP contribution in [0.2, 0.25) is 0 Å². The van der Waals surface area contributed by atoms with E-state index < -0.39 is 0 Å². The molecule has 1 aliphatic rings. The highest BCUT2D eigenvalue weighted by molar-refractivity contribution is 6.45. The number of carbonyl (C=O) groups excluding carboxylic acids is 1. The Labute approximate surface area is 88.5 Å². The van der Waals surface area contributed by atoms with E-state index in [2.05, 4.69) is 10.5 Å². The maximum Gasteiger partial charge on any atom is 0.182 e. The minimum absolute atomic E-state index is 0.0477. The number of allylic oxidation sites excluding steroid dienone is 1. The third kappa shape index (κ3) is 1.96. The molecule has 15 heavy (non-hydrogen) atoms. The van der Waals surface area contributed by atoms with Gasteiger partial charge in [0.2, 0.25) is 0 Å². The lowest BCUT2D eigenvalue weighted by atomic mass is 10.1. The lowest BCUT2D eigenvalue weighted by Crippen LogP contribution is -2.10. The number of nitrogens with one attached hydrogen (secondary N) is 1. The monoisotopic (exact) mass is 200 g/mol. The minimum atomic E-state index is 0.0477. The Morgan fingerprint density at radius 1 is 1.33 bits per heavy atom. The third-order valence-electron chi connectivity index (χ3n) is 2.29. The molecule has 0 unspecified atom stereocenters. The van der Waals surface area contributed by atoms with E-state index in [0.29, 0.717) is 12.1 Å². The van der Waals surface area contributed by atoms with Gasteiger partial charge in [0.05, 0.1) is 5.69 Å². The van der Waals surface area contributed by atoms with Gasteiger partial charge >= 0.3 is 0 Å². The van der Waals surface area contributed by atoms with Crippen LogP contribution in [-0.2, 0) is 4.79 Å². The van der Waals surface area contributed by atoms with Crippen molar-refractivity contribution in [1.82, 2.24) is 0 Å². The van der Waals surface area contributed by atoms with E-state index in [1.807, 2.05) is 37.3 Å². The number of nitrogens with zero attached hydrogens (tertiary/aromatic N) is 1. The molecule has 2 rings (SSSR count). The highest BCUT2D eigenvalue weighted by Gasteiger charge is 2.09. The number of hydrogen-bond donors (Lipinski definition) is 1. The Bertz CT molecular complexity index is 447. The fourth-order valence-electron chi connectivity index (χ4n) is 1.41. The van der Waals surface area contributed by atoms with Gasteiger partial charge in [0, 0.05) is 6.42 Å². The first-order chi connectivity index (χ1) is 7.31. The topological polar surface area (TPSA) is 41.5 Å². The first kappa shape index (κ1) is 9.65. The van der Waals surface area contributed by atoms with Crippen molar-refractivity contribution in [3.63, 3.8) is 0 Å². The molecule has 0 amide bonds. The highest BCUT2D eigenvalue weighted by Crippen LogP contribution is 2.18. The molecule has 3 heteroatoms. The molecule has 0 saturated carbocycles. The molecular formula is C12H12N2O. The number of fused-ring (bicyclic) bond motifs is 1. The summed E-state index contributed by atoms with van der Waals surface area (Å²) in [5.74, 6) is 0.0477. The van der Waals surface area contributed by atoms with Gasteiger partial charge in [-0.1, -0.05) is 31.2 Å². The molecule has 0 saturated heterocycles. The van der Waals surface area contributed by atoms with Gasteiger partial charge < -0.3 is 0 Å². The number of benzene rings is 1. The standard InChI is InChI=1S/C12H12N2O/c1-2-12(15)11-8-7-9-5-3-4-6-10(9)13-14-11/h3-8,13H,2H2,1H3. The molecule has 0 spiro atoms. The van der Waals surface area contributed by atoms with Gasteiger partial charge in [-0.15, -0.1) is 0 Å². The SMILES string of the molecule is CCC(=O)C1=NNc2ccccc2C=C1. The quantitative estimate of drug-likeness (QED) is 0.796. The molecule has 1 heterocycles. The normalized spacial score (nSPS) is 13.5. The minimum Gasteiger partial charge on any atom is -0.292 e. The number of rotatable bonds is 2. The van der Waals surface area contributed by atoms with Gasteiger partial charge in [0.25, 0.3) is 0 Å². The van der Waals surface area contributed by atoms with E-state index in [1.54, 1.807) is 6.08 Å². The van der Waals surface area contributed by atoms with Gasteiger partial charge in [-0.05, 0) is 17.7 Å². The summed E-state index contributed by atoms with van der Waals surface area (Å²) in [7, 11) is 0. The van der Waals surface area contributed by atoms with Crippen LogP contribution in [0.5, 0.6) is 0 Å². The number of para-hydroxylation sites is 1. The molecule has 0 aliphatic carbocycles. The molecule has 3 nitrogen and oxygen atoms in total. The van der Waals surface area contributed by atoms with Crippen molar-refractivity contribution in [3.05, 3.63) is 35.9 Å². The summed E-state index contributed by atoms with van der Waals surface area (Å²) in [4.78, 5) is 11.4. The summed E-state index contributed by atoms with van der Waals surface area (Å²) in [5, 5.41) is 4.07. The molecule has 76 valence electrons. The second-order valence-electron chi connectivity index (χ2n) is 3.31. The average Bonchev–Trinajstić information content (AvgIpc) is 2.50. The molecule has 1 N–H and O–H groups in total. The summed E-state index contributed by atoms with van der Waals surface area (Å²) in [6.45, 7) is 1.83. The van der Waals surface area contributed by atoms with Crippen molar-refractivity contribution < 1.29 is 4.79 Å². The zero-order chi connectivity index (χ0) is 10.7. The fourth-order valence-corrected chi connectivity index (χ4v) is 1.41. The van der Waals surface area contributed by atoms with Gasteiger partial charge in [0.15, 0.2) is 5.78 Å². The zero-order valence-electron chi connectivity index (χ0n) is 8.53. The number of hydrogen-bond acceptors (Lipinski definition) is 3. The molecule has 1 aliphatic heterocycles. The van der Waals surface area contributed by atoms with Crippen LogP contribution in [0.15, 0.2) is 35.4 Å². The predicted molar refractivity (Wildman–Crippen MR) is 61.8 cm³/mol. The summed E-state index contributed by atoms with van der Waals surface area (Å²) < 4.78 is 0. The van der Waals surface area contributed by atoms with Gasteiger partial charge in [-0.2, -0.15) is 5.10 Å². The molecule has 0 atom stereocenters. The van der Waals surface area contributed by atoms with Crippen LogP contribution in [0, 0.1) is 0 Å². The summed E-state index contributed by atoms with van der Waals surface area (Å²) in [6.07, 6.45) is 4.13. The van der Waals surface area contributed by atoms with Crippen molar-refractivity contribution in [2.24, 2.45) is 5.10 Å². The van der Waals surface area contributed by atoms with Crippen LogP contribution < -0.4 is 5.43 Å². The summed E-state index contributed by atoms with van der Waals surface area (Å²) in [6, 6.07) is 7.80. The van der Waals surface area contributed by atoms with Gasteiger partial charge in [-0.3, -0.25) is 10.2 Å². The number of ketones is 1. The molecule has 1 aromatic carbocycles. The fraction of sp³-hybridized carbons (Fsp3) is 0.167. The van der Waals surface area contributed by atoms with Crippen LogP contribution in [0.25, 0.3) is 6.08 Å². The third-order valence-corrected chi connectivity index (χ3v) is 2.29. The van der Waals surface area contributed by atoms with Crippen LogP contribution in [-0.4, -0.2) is 11.5 Å². The maximum absolute atomic E-state index is 11.4. The molecule has 0 radical (unpaired) electrons. The van der Waals surface area contributed by atoms with E-state index in [9.17, 15) is 4.79 Å². The molecule has 1 aromatic rings. The second-order valence-corrected chi connectivity index (χ2v) is 3.31. The van der Waals surface area contributed by atoms with E-state index >= 15 is 0 Å². The van der Waals surface area contributed by atoms with Crippen LogP contribution in [0.3, 0.4) is 0 Å². The van der Waals surface area contributed by atoms with Crippen molar-refractivity contribution in [1.29, 1.82) is 0 Å². The number of anilines is 1. The van der Waals surface area contributed by atoms with Gasteiger partial charge in [0.1, 0.15) is 5.71 Å². The van der Waals surface area contributed by atoms with Crippen molar-refractivity contribution in [2.45, 2.75) is 13.3 Å². The summed E-state index contributed by atoms with van der Waals surface area (Å²) >= 11 is 0. The Balaban J connectivity index is 2.33. The zero-order valence-corrected chi connectivity index (χ0v) is 8.53. The van der Waals surface area contributed by atoms with E-state index in [1.165, 1.54) is 0 Å². The first-order valence-corrected chi connectivity index (χ1v) is 4.95. The maximum atomic E-state index is 11.4. The Morgan fingerprint density at radius 2 is 2.13 bits per heavy atom. The van der Waals surface area contributed by atoms with E-state index in [4.69, 9.17) is 0 Å². The Kier molecular flexibility index (Phi) is 2.63. The lowest BCUT2D eigenvalue weighted by molar-refractivity contribution is -0.112. The van der Waals surface area contributed by atoms with Crippen LogP contribution >= 0.6 is 0 Å². The first-order valence-electron chi connectivity index (χ1n) is 4.95. The van der Waals surface area contributed by atoms with E-state index in [0.717, 1.165) is 11.3 Å². The van der Waals surface area contributed by atoms with Crippen molar-refractivity contribution in [3.8, 4) is 0 Å². The second kappa shape index (κ2) is 4.09.